The summed E-state index contributed by atoms with van der Waals surface area (Å²) in [6.07, 6.45) is 3.85. The number of pyridine rings is 1. The highest BCUT2D eigenvalue weighted by atomic mass is 32.1. The molecule has 1 fully saturated rings. The Labute approximate surface area is 113 Å². The first kappa shape index (κ1) is 10.7. The van der Waals surface area contributed by atoms with Crippen LogP contribution in [0.3, 0.4) is 0 Å². The van der Waals surface area contributed by atoms with E-state index in [0.29, 0.717) is 0 Å². The number of hydrogen-bond acceptors (Lipinski definition) is 5. The van der Waals surface area contributed by atoms with E-state index in [1.54, 1.807) is 0 Å². The lowest BCUT2D eigenvalue weighted by Crippen LogP contribution is -2.35. The zero-order valence-electron chi connectivity index (χ0n) is 9.76. The summed E-state index contributed by atoms with van der Waals surface area (Å²) in [6, 6.07) is 4.41. The van der Waals surface area contributed by atoms with E-state index >= 15 is 0 Å². The van der Waals surface area contributed by atoms with Crippen LogP contribution in [0.1, 0.15) is 0 Å². The third-order valence-corrected chi connectivity index (χ3v) is 5.73. The standard InChI is InChI=1S/C13H12N2OS2/c1-2-14-8-9-10(1)17-11-7-12(18-13(9)11)15-3-5-16-6-4-15/h1-2,7-8H,3-6H2. The van der Waals surface area contributed by atoms with Gasteiger partial charge in [0.25, 0.3) is 0 Å². The second-order valence-electron chi connectivity index (χ2n) is 4.35. The Kier molecular flexibility index (Phi) is 2.50. The Balaban J connectivity index is 1.83. The molecule has 0 spiro atoms. The molecule has 18 heavy (non-hydrogen) atoms. The van der Waals surface area contributed by atoms with Gasteiger partial charge in [0.1, 0.15) is 0 Å². The summed E-state index contributed by atoms with van der Waals surface area (Å²) in [5.41, 5.74) is 0. The van der Waals surface area contributed by atoms with Gasteiger partial charge in [-0.1, -0.05) is 0 Å². The number of rotatable bonds is 1. The SMILES string of the molecule is c1cc2sc3cc(N4CCOCC4)sc3c2cn1. The Bertz CT molecular complexity index is 697. The van der Waals surface area contributed by atoms with E-state index in [9.17, 15) is 0 Å². The minimum Gasteiger partial charge on any atom is -0.378 e. The van der Waals surface area contributed by atoms with Crippen LogP contribution in [0.15, 0.2) is 24.5 Å². The van der Waals surface area contributed by atoms with Gasteiger partial charge in [-0.15, -0.1) is 22.7 Å². The lowest BCUT2D eigenvalue weighted by Gasteiger charge is -2.27. The van der Waals surface area contributed by atoms with Gasteiger partial charge < -0.3 is 9.64 Å². The average molecular weight is 276 g/mol. The summed E-state index contributed by atoms with van der Waals surface area (Å²) in [4.78, 5) is 6.66. The lowest BCUT2D eigenvalue weighted by molar-refractivity contribution is 0.123. The highest BCUT2D eigenvalue weighted by Crippen LogP contribution is 2.42. The van der Waals surface area contributed by atoms with Crippen LogP contribution in [-0.4, -0.2) is 31.3 Å². The van der Waals surface area contributed by atoms with Gasteiger partial charge in [-0.2, -0.15) is 0 Å². The smallest absolute Gasteiger partial charge is 0.0931 e. The molecule has 0 N–H and O–H groups in total. The summed E-state index contributed by atoms with van der Waals surface area (Å²) in [7, 11) is 0. The molecule has 4 heterocycles. The third kappa shape index (κ3) is 1.62. The average Bonchev–Trinajstić information content (AvgIpc) is 2.97. The van der Waals surface area contributed by atoms with Crippen molar-refractivity contribution in [2.75, 3.05) is 31.2 Å². The van der Waals surface area contributed by atoms with Crippen LogP contribution < -0.4 is 4.90 Å². The number of thiophene rings is 2. The molecule has 5 heteroatoms. The van der Waals surface area contributed by atoms with E-state index in [1.807, 2.05) is 35.1 Å². The van der Waals surface area contributed by atoms with E-state index < -0.39 is 0 Å². The molecular formula is C13H12N2OS2. The predicted octanol–water partition coefficient (Wildman–Crippen LogP) is 3.35. The van der Waals surface area contributed by atoms with Crippen molar-refractivity contribution in [2.45, 2.75) is 0 Å². The fourth-order valence-corrected chi connectivity index (χ4v) is 4.85. The molecule has 0 radical (unpaired) electrons. The quantitative estimate of drug-likeness (QED) is 0.681. The van der Waals surface area contributed by atoms with Gasteiger partial charge >= 0.3 is 0 Å². The molecule has 0 atom stereocenters. The Morgan fingerprint density at radius 3 is 2.94 bits per heavy atom. The largest absolute Gasteiger partial charge is 0.378 e. The van der Waals surface area contributed by atoms with Crippen LogP contribution >= 0.6 is 22.7 Å². The van der Waals surface area contributed by atoms with Crippen molar-refractivity contribution in [1.82, 2.24) is 4.98 Å². The minimum atomic E-state index is 0.841. The number of anilines is 1. The molecule has 0 aliphatic carbocycles. The van der Waals surface area contributed by atoms with Gasteiger partial charge in [-0.05, 0) is 12.1 Å². The molecule has 1 saturated heterocycles. The normalized spacial score (nSPS) is 16.8. The third-order valence-electron chi connectivity index (χ3n) is 3.25. The van der Waals surface area contributed by atoms with Crippen molar-refractivity contribution in [2.24, 2.45) is 0 Å². The van der Waals surface area contributed by atoms with Gasteiger partial charge in [0.05, 0.1) is 22.9 Å². The first-order valence-corrected chi connectivity index (χ1v) is 7.64. The minimum absolute atomic E-state index is 0.841. The topological polar surface area (TPSA) is 25.4 Å². The number of aromatic nitrogens is 1. The van der Waals surface area contributed by atoms with Gasteiger partial charge in [0.2, 0.25) is 0 Å². The molecule has 3 aromatic heterocycles. The molecule has 0 bridgehead atoms. The van der Waals surface area contributed by atoms with E-state index in [-0.39, 0.29) is 0 Å². The Morgan fingerprint density at radius 2 is 2.06 bits per heavy atom. The molecule has 3 nitrogen and oxygen atoms in total. The highest BCUT2D eigenvalue weighted by Gasteiger charge is 2.16. The molecule has 0 unspecified atom stereocenters. The van der Waals surface area contributed by atoms with E-state index in [2.05, 4.69) is 22.0 Å². The summed E-state index contributed by atoms with van der Waals surface area (Å²) in [5.74, 6) is 0. The van der Waals surface area contributed by atoms with E-state index in [0.717, 1.165) is 26.3 Å². The van der Waals surface area contributed by atoms with Crippen molar-refractivity contribution < 1.29 is 4.74 Å². The molecule has 92 valence electrons. The van der Waals surface area contributed by atoms with Crippen LogP contribution in [0.2, 0.25) is 0 Å². The fourth-order valence-electron chi connectivity index (χ4n) is 2.32. The molecule has 4 rings (SSSR count). The number of hydrogen-bond donors (Lipinski definition) is 0. The van der Waals surface area contributed by atoms with Gasteiger partial charge in [0.15, 0.2) is 0 Å². The Morgan fingerprint density at radius 1 is 1.17 bits per heavy atom. The van der Waals surface area contributed by atoms with Crippen LogP contribution in [0.5, 0.6) is 0 Å². The number of morpholine rings is 1. The maximum atomic E-state index is 5.40. The number of ether oxygens (including phenoxy) is 1. The van der Waals surface area contributed by atoms with Crippen molar-refractivity contribution in [3.63, 3.8) is 0 Å². The summed E-state index contributed by atoms with van der Waals surface area (Å²) in [5, 5.41) is 2.66. The molecule has 0 aromatic carbocycles. The molecular weight excluding hydrogens is 264 g/mol. The van der Waals surface area contributed by atoms with Crippen LogP contribution in [0.25, 0.3) is 19.5 Å². The summed E-state index contributed by atoms with van der Waals surface area (Å²) in [6.45, 7) is 3.69. The zero-order valence-corrected chi connectivity index (χ0v) is 11.4. The molecule has 3 aromatic rings. The second kappa shape index (κ2) is 4.19. The molecule has 1 aliphatic rings. The van der Waals surface area contributed by atoms with Crippen LogP contribution in [0.4, 0.5) is 5.00 Å². The van der Waals surface area contributed by atoms with E-state index in [4.69, 9.17) is 4.74 Å². The maximum absolute atomic E-state index is 5.40. The van der Waals surface area contributed by atoms with Crippen molar-refractivity contribution in [3.8, 4) is 0 Å². The highest BCUT2D eigenvalue weighted by molar-refractivity contribution is 7.34. The lowest BCUT2D eigenvalue weighted by atomic mass is 10.3. The molecule has 1 aliphatic heterocycles. The van der Waals surface area contributed by atoms with Gasteiger partial charge in [-0.3, -0.25) is 4.98 Å². The van der Waals surface area contributed by atoms with E-state index in [1.165, 1.54) is 24.5 Å². The van der Waals surface area contributed by atoms with Crippen LogP contribution in [0, 0.1) is 0 Å². The number of fused-ring (bicyclic) bond motifs is 3. The molecule has 0 saturated carbocycles. The van der Waals surface area contributed by atoms with Crippen molar-refractivity contribution in [1.29, 1.82) is 0 Å². The molecule has 0 amide bonds. The second-order valence-corrected chi connectivity index (χ2v) is 6.47. The van der Waals surface area contributed by atoms with Crippen molar-refractivity contribution >= 4 is 47.2 Å². The predicted molar refractivity (Wildman–Crippen MR) is 78.0 cm³/mol. The monoisotopic (exact) mass is 276 g/mol. The summed E-state index contributed by atoms with van der Waals surface area (Å²) >= 11 is 3.74. The first-order chi connectivity index (χ1) is 8.92. The maximum Gasteiger partial charge on any atom is 0.0931 e. The van der Waals surface area contributed by atoms with Gasteiger partial charge in [-0.25, -0.2) is 0 Å². The van der Waals surface area contributed by atoms with Gasteiger partial charge in [0, 0.05) is 40.3 Å². The summed E-state index contributed by atoms with van der Waals surface area (Å²) < 4.78 is 9.49. The number of nitrogens with zero attached hydrogens (tertiary/aromatic N) is 2. The first-order valence-electron chi connectivity index (χ1n) is 6.00. The Hall–Kier alpha value is -1.17. The van der Waals surface area contributed by atoms with Crippen LogP contribution in [-0.2, 0) is 4.74 Å². The fraction of sp³-hybridized carbons (Fsp3) is 0.308. The van der Waals surface area contributed by atoms with Crippen molar-refractivity contribution in [3.05, 3.63) is 24.5 Å². The zero-order chi connectivity index (χ0) is 11.9.